The molecular formula is C44H57Br2N9O10. The fraction of sp³-hybridized carbons (Fsp3) is 0.523. The molecule has 0 bridgehead atoms. The van der Waals surface area contributed by atoms with Gasteiger partial charge in [-0.25, -0.2) is 9.59 Å². The summed E-state index contributed by atoms with van der Waals surface area (Å²) < 4.78 is 12.2. The van der Waals surface area contributed by atoms with E-state index in [1.54, 1.807) is 39.2 Å². The topological polar surface area (TPSA) is 256 Å². The number of fused-ring (bicyclic) bond motifs is 1. The summed E-state index contributed by atoms with van der Waals surface area (Å²) in [6.45, 7) is 3.03. The molecule has 1 aromatic heterocycles. The number of piperazine rings is 1. The summed E-state index contributed by atoms with van der Waals surface area (Å²) in [7, 11) is 0. The number of aliphatic hydroxyl groups excluding tert-OH is 4. The van der Waals surface area contributed by atoms with Crippen molar-refractivity contribution < 1.29 is 49.1 Å². The third-order valence-corrected chi connectivity index (χ3v) is 13.6. The standard InChI is InChI=1S/C44H57Br2N9O10/c45-30-21-26(22-31(46)39(30)65-42-38(59)37(58)36(57)35(25-56)64-42)23-34(51-43(62)54-15-10-29(11-16-54)55-24-27-5-1-2-6-32(27)50-44(55)63)40(60)49-33(7-3-4-12-47)41(61)53-19-17-52(18-20-53)28-8-13-48-14-9-28/h1-2,5-6,8-9,13-14,21-22,29,33-38,42,56-59H,3-4,7,10-12,15-20,23-25,47H2,(H,49,60)(H,50,63)(H,51,62)/t33-,34+,35+,36-,37-,38+,42-/m0/s1. The normalized spacial score (nSPS) is 23.6. The Morgan fingerprint density at radius 3 is 2.26 bits per heavy atom. The number of nitrogens with zero attached hydrogens (tertiary/aromatic N) is 5. The molecule has 4 aliphatic heterocycles. The molecule has 19 nitrogen and oxygen atoms in total. The van der Waals surface area contributed by atoms with E-state index >= 15 is 0 Å². The SMILES string of the molecule is NCCCC[C@H](NC(=O)[C@@H](Cc1cc(Br)c(O[C@@H]2O[C@H](CO)[C@H](O)[C@H](O)[C@H]2O)c(Br)c1)NC(=O)N1CCC(N2Cc3ccccc3NC2=O)CC1)C(=O)N1CCN(c2ccncc2)CC1. The van der Waals surface area contributed by atoms with Gasteiger partial charge in [0.25, 0.3) is 0 Å². The predicted octanol–water partition coefficient (Wildman–Crippen LogP) is 1.88. The van der Waals surface area contributed by atoms with Crippen LogP contribution in [-0.4, -0.2) is 165 Å². The lowest BCUT2D eigenvalue weighted by Crippen LogP contribution is -2.60. The van der Waals surface area contributed by atoms with Crippen LogP contribution >= 0.6 is 31.9 Å². The Hall–Kier alpha value is -4.61. The quantitative estimate of drug-likeness (QED) is 0.101. The van der Waals surface area contributed by atoms with E-state index in [1.807, 2.05) is 36.4 Å². The number of para-hydroxylation sites is 1. The van der Waals surface area contributed by atoms with Gasteiger partial charge in [-0.1, -0.05) is 18.2 Å². The minimum absolute atomic E-state index is 0.0206. The van der Waals surface area contributed by atoms with E-state index in [1.165, 1.54) is 0 Å². The van der Waals surface area contributed by atoms with Crippen molar-refractivity contribution in [2.45, 2.75) is 93.9 Å². The van der Waals surface area contributed by atoms with Gasteiger partial charge >= 0.3 is 12.1 Å². The van der Waals surface area contributed by atoms with Gasteiger partial charge in [-0.2, -0.15) is 0 Å². The molecule has 0 unspecified atom stereocenters. The fourth-order valence-corrected chi connectivity index (χ4v) is 10.2. The number of halogens is 2. The second-order valence-corrected chi connectivity index (χ2v) is 18.4. The summed E-state index contributed by atoms with van der Waals surface area (Å²) in [6.07, 6.45) is -1.44. The second kappa shape index (κ2) is 22.3. The minimum atomic E-state index is -1.65. The van der Waals surface area contributed by atoms with Gasteiger partial charge in [-0.3, -0.25) is 14.6 Å². The van der Waals surface area contributed by atoms with Gasteiger partial charge in [0.1, 0.15) is 36.5 Å². The molecule has 7 rings (SSSR count). The Balaban J connectivity index is 1.07. The molecule has 9 N–H and O–H groups in total. The van der Waals surface area contributed by atoms with Gasteiger partial charge in [-0.15, -0.1) is 0 Å². The van der Waals surface area contributed by atoms with Crippen LogP contribution in [0.2, 0.25) is 0 Å². The molecule has 3 aromatic rings. The highest BCUT2D eigenvalue weighted by Gasteiger charge is 2.45. The van der Waals surface area contributed by atoms with Crippen LogP contribution < -0.4 is 31.3 Å². The van der Waals surface area contributed by atoms with Gasteiger partial charge in [-0.05, 0) is 112 Å². The number of hydrogen-bond acceptors (Lipinski definition) is 13. The van der Waals surface area contributed by atoms with E-state index in [0.717, 1.165) is 16.9 Å². The molecule has 3 fully saturated rings. The molecule has 4 aliphatic rings. The number of urea groups is 2. The number of benzene rings is 2. The maximum atomic E-state index is 14.5. The van der Waals surface area contributed by atoms with E-state index in [9.17, 15) is 39.6 Å². The van der Waals surface area contributed by atoms with E-state index in [-0.39, 0.29) is 30.2 Å². The largest absolute Gasteiger partial charge is 0.460 e. The van der Waals surface area contributed by atoms with E-state index in [0.29, 0.717) is 99.0 Å². The number of aromatic nitrogens is 1. The number of nitrogens with two attached hydrogens (primary N) is 1. The number of amides is 6. The average molecular weight is 1030 g/mol. The molecule has 21 heteroatoms. The van der Waals surface area contributed by atoms with Crippen molar-refractivity contribution in [2.24, 2.45) is 5.73 Å². The zero-order valence-electron chi connectivity index (χ0n) is 35.8. The number of likely N-dealkylation sites (tertiary alicyclic amines) is 1. The molecule has 65 heavy (non-hydrogen) atoms. The van der Waals surface area contributed by atoms with Crippen LogP contribution in [-0.2, 0) is 27.3 Å². The van der Waals surface area contributed by atoms with Crippen molar-refractivity contribution in [1.29, 1.82) is 0 Å². The summed E-state index contributed by atoms with van der Waals surface area (Å²) in [6, 6.07) is 12.0. The smallest absolute Gasteiger partial charge is 0.322 e. The van der Waals surface area contributed by atoms with Gasteiger partial charge in [0, 0.05) is 82.0 Å². The second-order valence-electron chi connectivity index (χ2n) is 16.7. The van der Waals surface area contributed by atoms with Crippen molar-refractivity contribution in [3.8, 4) is 5.75 Å². The lowest BCUT2D eigenvalue weighted by Gasteiger charge is -2.40. The Bertz CT molecular complexity index is 2100. The first-order valence-electron chi connectivity index (χ1n) is 21.9. The molecular weight excluding hydrogens is 974 g/mol. The number of aliphatic hydroxyl groups is 4. The van der Waals surface area contributed by atoms with Crippen molar-refractivity contribution in [2.75, 3.05) is 62.6 Å². The summed E-state index contributed by atoms with van der Waals surface area (Å²) in [5.41, 5.74) is 9.21. The maximum absolute atomic E-state index is 14.5. The van der Waals surface area contributed by atoms with Crippen LogP contribution in [0.25, 0.3) is 0 Å². The molecule has 3 saturated heterocycles. The third-order valence-electron chi connectivity index (χ3n) is 12.4. The first-order valence-corrected chi connectivity index (χ1v) is 23.5. The monoisotopic (exact) mass is 1030 g/mol. The summed E-state index contributed by atoms with van der Waals surface area (Å²) in [5, 5.41) is 49.8. The summed E-state index contributed by atoms with van der Waals surface area (Å²) in [4.78, 5) is 67.3. The zero-order chi connectivity index (χ0) is 46.2. The highest BCUT2D eigenvalue weighted by molar-refractivity contribution is 9.11. The number of rotatable bonds is 15. The van der Waals surface area contributed by atoms with E-state index in [4.69, 9.17) is 15.2 Å². The van der Waals surface area contributed by atoms with Crippen molar-refractivity contribution in [3.05, 3.63) is 81.0 Å². The number of unbranched alkanes of at least 4 members (excludes halogenated alkanes) is 1. The number of anilines is 2. The van der Waals surface area contributed by atoms with Crippen LogP contribution in [0.5, 0.6) is 5.75 Å². The number of nitrogens with one attached hydrogen (secondary N) is 3. The van der Waals surface area contributed by atoms with E-state index in [2.05, 4.69) is 57.7 Å². The van der Waals surface area contributed by atoms with Gasteiger partial charge in [0.05, 0.1) is 15.6 Å². The van der Waals surface area contributed by atoms with Crippen molar-refractivity contribution >= 4 is 67.1 Å². The maximum Gasteiger partial charge on any atom is 0.322 e. The van der Waals surface area contributed by atoms with E-state index < -0.39 is 61.3 Å². The van der Waals surface area contributed by atoms with Gasteiger partial charge in [0.15, 0.2) is 5.75 Å². The number of hydrogen-bond donors (Lipinski definition) is 8. The summed E-state index contributed by atoms with van der Waals surface area (Å²) >= 11 is 7.01. The zero-order valence-corrected chi connectivity index (χ0v) is 39.0. The highest BCUT2D eigenvalue weighted by atomic mass is 79.9. The number of ether oxygens (including phenoxy) is 2. The molecule has 0 aliphatic carbocycles. The molecule has 0 spiro atoms. The van der Waals surface area contributed by atoms with Gasteiger partial charge in [0.2, 0.25) is 18.1 Å². The first-order chi connectivity index (χ1) is 31.3. The number of piperidine rings is 1. The lowest BCUT2D eigenvalue weighted by molar-refractivity contribution is -0.277. The van der Waals surface area contributed by atoms with Crippen LogP contribution in [0.15, 0.2) is 69.9 Å². The van der Waals surface area contributed by atoms with Crippen molar-refractivity contribution in [3.63, 3.8) is 0 Å². The molecule has 7 atom stereocenters. The molecule has 0 radical (unpaired) electrons. The third kappa shape index (κ3) is 11.7. The molecule has 352 valence electrons. The molecule has 6 amide bonds. The average Bonchev–Trinajstić information content (AvgIpc) is 3.32. The number of pyridine rings is 1. The fourth-order valence-electron chi connectivity index (χ4n) is 8.69. The Labute approximate surface area is 393 Å². The predicted molar refractivity (Wildman–Crippen MR) is 246 cm³/mol. The number of carbonyl (C=O) groups is 4. The molecule has 0 saturated carbocycles. The van der Waals surface area contributed by atoms with Crippen LogP contribution in [0, 0.1) is 0 Å². The lowest BCUT2D eigenvalue weighted by atomic mass is 9.99. The summed E-state index contributed by atoms with van der Waals surface area (Å²) in [5.74, 6) is -0.625. The number of carbonyl (C=O) groups excluding carboxylic acids is 4. The Morgan fingerprint density at radius 1 is 0.892 bits per heavy atom. The Morgan fingerprint density at radius 2 is 1.58 bits per heavy atom. The first kappa shape index (κ1) is 48.3. The molecule has 2 aromatic carbocycles. The Kier molecular flexibility index (Phi) is 16.5. The van der Waals surface area contributed by atoms with Crippen LogP contribution in [0.4, 0.5) is 21.0 Å². The van der Waals surface area contributed by atoms with Gasteiger partial charge < -0.3 is 71.2 Å². The van der Waals surface area contributed by atoms with Crippen molar-refractivity contribution in [1.82, 2.24) is 30.3 Å². The minimum Gasteiger partial charge on any atom is -0.460 e. The highest BCUT2D eigenvalue weighted by Crippen LogP contribution is 2.38. The molecule has 5 heterocycles. The van der Waals surface area contributed by atoms with Crippen LogP contribution in [0.3, 0.4) is 0 Å². The van der Waals surface area contributed by atoms with Crippen LogP contribution in [0.1, 0.15) is 43.2 Å².